The number of carbonyl (C=O) groups is 2. The predicted molar refractivity (Wildman–Crippen MR) is 69.9 cm³/mol. The van der Waals surface area contributed by atoms with E-state index < -0.39 is 23.3 Å². The molecule has 2 radical (unpaired) electrons. The van der Waals surface area contributed by atoms with Crippen molar-refractivity contribution in [2.24, 2.45) is 0 Å². The highest BCUT2D eigenvalue weighted by molar-refractivity contribution is 6.26. The molecule has 0 heterocycles. The van der Waals surface area contributed by atoms with E-state index in [2.05, 4.69) is 5.32 Å². The van der Waals surface area contributed by atoms with Gasteiger partial charge in [0.1, 0.15) is 6.04 Å². The number of unbranched alkanes of at least 4 members (excludes halogenated alkanes) is 1. The minimum Gasteiger partial charge on any atom is -0.481 e. The maximum atomic E-state index is 11.1. The second-order valence-corrected chi connectivity index (χ2v) is 4.68. The first-order valence-corrected chi connectivity index (χ1v) is 6.32. The summed E-state index contributed by atoms with van der Waals surface area (Å²) in [5, 5.41) is 19.4. The van der Waals surface area contributed by atoms with Crippen LogP contribution in [0.1, 0.15) is 46.0 Å². The standard InChI is InChI=1S/C12H22BNO4/c1-3-4-6-12(13,11(17)18)7-5-8-14-9(2)10(15)16/h9,14H,3-8H2,1-2H3,(H,15,16)(H,17,18). The number of rotatable bonds is 10. The lowest BCUT2D eigenvalue weighted by Gasteiger charge is -2.25. The maximum absolute atomic E-state index is 11.1. The highest BCUT2D eigenvalue weighted by Gasteiger charge is 2.30. The Hall–Kier alpha value is -1.04. The van der Waals surface area contributed by atoms with Crippen molar-refractivity contribution < 1.29 is 19.8 Å². The Morgan fingerprint density at radius 3 is 2.28 bits per heavy atom. The van der Waals surface area contributed by atoms with E-state index in [0.29, 0.717) is 25.8 Å². The fourth-order valence-electron chi connectivity index (χ4n) is 1.64. The lowest BCUT2D eigenvalue weighted by molar-refractivity contribution is -0.141. The van der Waals surface area contributed by atoms with Gasteiger partial charge in [-0.15, -0.1) is 0 Å². The molecule has 0 aliphatic rings. The molecule has 5 nitrogen and oxygen atoms in total. The normalized spacial score (nSPS) is 15.9. The van der Waals surface area contributed by atoms with Crippen molar-refractivity contribution in [1.29, 1.82) is 0 Å². The third-order valence-electron chi connectivity index (χ3n) is 3.02. The van der Waals surface area contributed by atoms with Gasteiger partial charge in [-0.1, -0.05) is 19.8 Å². The highest BCUT2D eigenvalue weighted by atomic mass is 16.4. The molecule has 0 aliphatic carbocycles. The molecule has 0 aliphatic heterocycles. The molecule has 0 spiro atoms. The Morgan fingerprint density at radius 1 is 1.28 bits per heavy atom. The molecular weight excluding hydrogens is 233 g/mol. The van der Waals surface area contributed by atoms with Gasteiger partial charge in [-0.05, 0) is 32.7 Å². The van der Waals surface area contributed by atoms with Crippen molar-refractivity contribution in [2.75, 3.05) is 6.54 Å². The Bertz CT molecular complexity index is 285. The van der Waals surface area contributed by atoms with Gasteiger partial charge in [0.05, 0.1) is 7.85 Å². The Balaban J connectivity index is 4.05. The molecule has 0 fully saturated rings. The van der Waals surface area contributed by atoms with Crippen LogP contribution in [0.15, 0.2) is 0 Å². The summed E-state index contributed by atoms with van der Waals surface area (Å²) >= 11 is 0. The molecule has 0 aromatic heterocycles. The first kappa shape index (κ1) is 17.0. The fourth-order valence-corrected chi connectivity index (χ4v) is 1.64. The topological polar surface area (TPSA) is 86.6 Å². The summed E-state index contributed by atoms with van der Waals surface area (Å²) in [5.74, 6) is -1.90. The summed E-state index contributed by atoms with van der Waals surface area (Å²) in [4.78, 5) is 21.7. The second kappa shape index (κ2) is 8.13. The van der Waals surface area contributed by atoms with Crippen molar-refractivity contribution in [3.63, 3.8) is 0 Å². The summed E-state index contributed by atoms with van der Waals surface area (Å²) in [6.07, 6.45) is 3.03. The van der Waals surface area contributed by atoms with Crippen LogP contribution in [0.2, 0.25) is 5.31 Å². The molecule has 3 N–H and O–H groups in total. The average Bonchev–Trinajstić information content (AvgIpc) is 2.31. The number of aliphatic carboxylic acids is 2. The van der Waals surface area contributed by atoms with Gasteiger partial charge in [-0.25, -0.2) is 0 Å². The molecule has 0 saturated heterocycles. The third kappa shape index (κ3) is 6.05. The van der Waals surface area contributed by atoms with E-state index in [0.717, 1.165) is 12.8 Å². The van der Waals surface area contributed by atoms with Crippen LogP contribution in [-0.4, -0.2) is 42.6 Å². The van der Waals surface area contributed by atoms with Gasteiger partial charge in [0.15, 0.2) is 0 Å². The zero-order chi connectivity index (χ0) is 14.2. The van der Waals surface area contributed by atoms with Gasteiger partial charge >= 0.3 is 11.9 Å². The van der Waals surface area contributed by atoms with Gasteiger partial charge in [0.2, 0.25) is 0 Å². The van der Waals surface area contributed by atoms with Crippen LogP contribution in [0.4, 0.5) is 0 Å². The fraction of sp³-hybridized carbons (Fsp3) is 0.833. The van der Waals surface area contributed by atoms with Gasteiger partial charge in [0.25, 0.3) is 0 Å². The monoisotopic (exact) mass is 255 g/mol. The van der Waals surface area contributed by atoms with Crippen LogP contribution >= 0.6 is 0 Å². The van der Waals surface area contributed by atoms with E-state index in [9.17, 15) is 9.59 Å². The van der Waals surface area contributed by atoms with Gasteiger partial charge in [0, 0.05) is 5.31 Å². The molecule has 0 bridgehead atoms. The van der Waals surface area contributed by atoms with E-state index in [1.54, 1.807) is 6.92 Å². The molecule has 18 heavy (non-hydrogen) atoms. The Kier molecular flexibility index (Phi) is 7.67. The molecule has 0 amide bonds. The van der Waals surface area contributed by atoms with E-state index in [1.165, 1.54) is 0 Å². The zero-order valence-corrected chi connectivity index (χ0v) is 11.1. The molecule has 102 valence electrons. The number of carboxylic acids is 2. The van der Waals surface area contributed by atoms with Crippen molar-refractivity contribution in [1.82, 2.24) is 5.32 Å². The third-order valence-corrected chi connectivity index (χ3v) is 3.02. The van der Waals surface area contributed by atoms with Gasteiger partial charge in [-0.2, -0.15) is 0 Å². The SMILES string of the molecule is [B]C(CCCC)(CCCNC(C)C(=O)O)C(=O)O. The predicted octanol–water partition coefficient (Wildman–Crippen LogP) is 1.43. The lowest BCUT2D eigenvalue weighted by Crippen LogP contribution is -2.35. The highest BCUT2D eigenvalue weighted by Crippen LogP contribution is 2.34. The number of hydrogen-bond donors (Lipinski definition) is 3. The molecule has 0 saturated carbocycles. The van der Waals surface area contributed by atoms with E-state index in [-0.39, 0.29) is 0 Å². The summed E-state index contributed by atoms with van der Waals surface area (Å²) in [6.45, 7) is 3.98. The molecular formula is C12H22BNO4. The first-order valence-electron chi connectivity index (χ1n) is 6.32. The minimum atomic E-state index is -1.19. The lowest BCUT2D eigenvalue weighted by atomic mass is 9.63. The summed E-state index contributed by atoms with van der Waals surface area (Å²) in [7, 11) is 5.86. The minimum absolute atomic E-state index is 0.349. The number of nitrogens with one attached hydrogen (secondary N) is 1. The van der Waals surface area contributed by atoms with Gasteiger partial charge in [-0.3, -0.25) is 9.59 Å². The van der Waals surface area contributed by atoms with Gasteiger partial charge < -0.3 is 15.5 Å². The van der Waals surface area contributed by atoms with Crippen molar-refractivity contribution in [2.45, 2.75) is 57.3 Å². The van der Waals surface area contributed by atoms with E-state index in [1.807, 2.05) is 6.92 Å². The van der Waals surface area contributed by atoms with Crippen LogP contribution in [0, 0.1) is 0 Å². The average molecular weight is 255 g/mol. The van der Waals surface area contributed by atoms with Crippen LogP contribution in [0.3, 0.4) is 0 Å². The quantitative estimate of drug-likeness (QED) is 0.406. The largest absolute Gasteiger partial charge is 0.481 e. The van der Waals surface area contributed by atoms with Crippen LogP contribution in [0.5, 0.6) is 0 Å². The molecule has 2 unspecified atom stereocenters. The summed E-state index contributed by atoms with van der Waals surface area (Å²) in [6, 6.07) is -0.627. The number of hydrogen-bond acceptors (Lipinski definition) is 3. The molecule has 2 atom stereocenters. The van der Waals surface area contributed by atoms with Crippen molar-refractivity contribution in [3.05, 3.63) is 0 Å². The summed E-state index contributed by atoms with van der Waals surface area (Å²) in [5.41, 5.74) is 0. The number of carboxylic acid groups (broad SMARTS) is 2. The first-order chi connectivity index (χ1) is 8.33. The van der Waals surface area contributed by atoms with E-state index >= 15 is 0 Å². The second-order valence-electron chi connectivity index (χ2n) is 4.68. The van der Waals surface area contributed by atoms with Crippen LogP contribution in [-0.2, 0) is 9.59 Å². The smallest absolute Gasteiger partial charge is 0.320 e. The Labute approximate surface area is 109 Å². The summed E-state index contributed by atoms with van der Waals surface area (Å²) < 4.78 is 0. The molecule has 0 aromatic carbocycles. The van der Waals surface area contributed by atoms with Crippen molar-refractivity contribution >= 4 is 19.8 Å². The molecule has 0 aromatic rings. The maximum Gasteiger partial charge on any atom is 0.320 e. The van der Waals surface area contributed by atoms with Crippen LogP contribution in [0.25, 0.3) is 0 Å². The Morgan fingerprint density at radius 2 is 1.83 bits per heavy atom. The molecule has 0 rings (SSSR count). The van der Waals surface area contributed by atoms with Crippen LogP contribution < -0.4 is 5.32 Å². The van der Waals surface area contributed by atoms with Crippen molar-refractivity contribution in [3.8, 4) is 0 Å². The zero-order valence-electron chi connectivity index (χ0n) is 11.1. The molecule has 6 heteroatoms. The van der Waals surface area contributed by atoms with E-state index in [4.69, 9.17) is 18.1 Å².